The maximum absolute atomic E-state index is 10.4. The Labute approximate surface area is 93.8 Å². The van der Waals surface area contributed by atoms with Gasteiger partial charge in [-0.3, -0.25) is 0 Å². The lowest BCUT2D eigenvalue weighted by molar-refractivity contribution is -0.0315. The molecule has 0 fully saturated rings. The van der Waals surface area contributed by atoms with Crippen molar-refractivity contribution in [3.63, 3.8) is 0 Å². The summed E-state index contributed by atoms with van der Waals surface area (Å²) < 4.78 is 9.88. The van der Waals surface area contributed by atoms with Gasteiger partial charge in [-0.2, -0.15) is 0 Å². The smallest absolute Gasteiger partial charge is 0.404 e. The maximum Gasteiger partial charge on any atom is 0.404 e. The molecule has 0 saturated carbocycles. The number of hydrogen-bond donors (Lipinski definition) is 2. The zero-order valence-corrected chi connectivity index (χ0v) is 8.83. The first-order valence-corrected chi connectivity index (χ1v) is 4.91. The summed E-state index contributed by atoms with van der Waals surface area (Å²) in [7, 11) is 0. The van der Waals surface area contributed by atoms with E-state index < -0.39 is 12.2 Å². The fourth-order valence-corrected chi connectivity index (χ4v) is 1.12. The molecule has 0 bridgehead atoms. The van der Waals surface area contributed by atoms with E-state index in [4.69, 9.17) is 15.6 Å². The topological polar surface area (TPSA) is 81.8 Å². The zero-order chi connectivity index (χ0) is 11.8. The molecule has 88 valence electrons. The highest BCUT2D eigenvalue weighted by atomic mass is 16.6. The van der Waals surface area contributed by atoms with Gasteiger partial charge in [0.1, 0.15) is 12.7 Å². The summed E-state index contributed by atoms with van der Waals surface area (Å²) in [5, 5.41) is 8.96. The molecule has 0 aliphatic heterocycles. The van der Waals surface area contributed by atoms with E-state index in [9.17, 15) is 4.79 Å². The van der Waals surface area contributed by atoms with Gasteiger partial charge in [-0.15, -0.1) is 0 Å². The maximum atomic E-state index is 10.4. The van der Waals surface area contributed by atoms with Crippen LogP contribution in [0.5, 0.6) is 0 Å². The number of carbonyl (C=O) groups is 1. The molecule has 16 heavy (non-hydrogen) atoms. The number of amides is 1. The van der Waals surface area contributed by atoms with E-state index in [-0.39, 0.29) is 13.2 Å². The predicted octanol–water partition coefficient (Wildman–Crippen LogP) is 0.659. The summed E-state index contributed by atoms with van der Waals surface area (Å²) >= 11 is 0. The molecule has 5 nitrogen and oxygen atoms in total. The zero-order valence-electron chi connectivity index (χ0n) is 8.83. The fraction of sp³-hybridized carbons (Fsp3) is 0.364. The predicted molar refractivity (Wildman–Crippen MR) is 57.6 cm³/mol. The average molecular weight is 225 g/mol. The Kier molecular flexibility index (Phi) is 5.31. The van der Waals surface area contributed by atoms with Crippen molar-refractivity contribution >= 4 is 6.09 Å². The minimum Gasteiger partial charge on any atom is -0.447 e. The molecule has 0 radical (unpaired) electrons. The van der Waals surface area contributed by atoms with Gasteiger partial charge in [0.2, 0.25) is 0 Å². The molecule has 3 N–H and O–H groups in total. The summed E-state index contributed by atoms with van der Waals surface area (Å²) in [4.78, 5) is 10.4. The first-order valence-electron chi connectivity index (χ1n) is 4.91. The summed E-state index contributed by atoms with van der Waals surface area (Å²) in [5.41, 5.74) is 5.79. The van der Waals surface area contributed by atoms with E-state index in [1.165, 1.54) is 0 Å². The van der Waals surface area contributed by atoms with Gasteiger partial charge < -0.3 is 20.3 Å². The number of rotatable bonds is 6. The van der Waals surface area contributed by atoms with Crippen molar-refractivity contribution in [3.05, 3.63) is 35.9 Å². The minimum absolute atomic E-state index is 0.0430. The lowest BCUT2D eigenvalue weighted by Crippen LogP contribution is -2.27. The normalized spacial score (nSPS) is 12.1. The number of hydrogen-bond acceptors (Lipinski definition) is 4. The molecule has 1 amide bonds. The van der Waals surface area contributed by atoms with Crippen molar-refractivity contribution in [1.29, 1.82) is 0 Å². The summed E-state index contributed by atoms with van der Waals surface area (Å²) in [6.07, 6.45) is -1.42. The summed E-state index contributed by atoms with van der Waals surface area (Å²) in [5.74, 6) is 0. The quantitative estimate of drug-likeness (QED) is 0.745. The largest absolute Gasteiger partial charge is 0.447 e. The lowest BCUT2D eigenvalue weighted by Gasteiger charge is -2.14. The standard InChI is InChI=1S/C11H15NO4/c12-11(14)16-8-10(6-13)15-7-9-4-2-1-3-5-9/h1-5,10,13H,6-8H2,(H2,12,14). The number of carbonyl (C=O) groups excluding carboxylic acids is 1. The van der Waals surface area contributed by atoms with Crippen molar-refractivity contribution < 1.29 is 19.4 Å². The second-order valence-electron chi connectivity index (χ2n) is 3.23. The van der Waals surface area contributed by atoms with Crippen molar-refractivity contribution in [2.75, 3.05) is 13.2 Å². The lowest BCUT2D eigenvalue weighted by atomic mass is 10.2. The SMILES string of the molecule is NC(=O)OCC(CO)OCc1ccccc1. The van der Waals surface area contributed by atoms with Gasteiger partial charge in [0.05, 0.1) is 13.2 Å². The Morgan fingerprint density at radius 3 is 2.62 bits per heavy atom. The number of primary amides is 1. The van der Waals surface area contributed by atoms with Gasteiger partial charge in [0.25, 0.3) is 0 Å². The van der Waals surface area contributed by atoms with Gasteiger partial charge in [-0.25, -0.2) is 4.79 Å². The first kappa shape index (κ1) is 12.5. The highest BCUT2D eigenvalue weighted by Crippen LogP contribution is 2.03. The second-order valence-corrected chi connectivity index (χ2v) is 3.23. The molecule has 0 spiro atoms. The third kappa shape index (κ3) is 4.77. The van der Waals surface area contributed by atoms with Crippen LogP contribution >= 0.6 is 0 Å². The van der Waals surface area contributed by atoms with Gasteiger partial charge in [-0.05, 0) is 5.56 Å². The Morgan fingerprint density at radius 2 is 2.06 bits per heavy atom. The van der Waals surface area contributed by atoms with Crippen molar-refractivity contribution in [2.45, 2.75) is 12.7 Å². The van der Waals surface area contributed by atoms with Crippen molar-refractivity contribution in [3.8, 4) is 0 Å². The molecular weight excluding hydrogens is 210 g/mol. The Bertz CT molecular complexity index is 315. The molecule has 0 heterocycles. The highest BCUT2D eigenvalue weighted by molar-refractivity contribution is 5.64. The molecule has 1 rings (SSSR count). The van der Waals surface area contributed by atoms with Gasteiger partial charge >= 0.3 is 6.09 Å². The molecule has 5 heteroatoms. The Balaban J connectivity index is 2.31. The number of nitrogens with two attached hydrogens (primary N) is 1. The van der Waals surface area contributed by atoms with Crippen LogP contribution in [-0.2, 0) is 16.1 Å². The van der Waals surface area contributed by atoms with E-state index in [1.54, 1.807) is 0 Å². The van der Waals surface area contributed by atoms with Crippen LogP contribution in [0, 0.1) is 0 Å². The molecular formula is C11H15NO4. The number of aliphatic hydroxyl groups is 1. The molecule has 1 unspecified atom stereocenters. The van der Waals surface area contributed by atoms with Crippen LogP contribution in [0.1, 0.15) is 5.56 Å². The van der Waals surface area contributed by atoms with Crippen molar-refractivity contribution in [1.82, 2.24) is 0 Å². The van der Waals surface area contributed by atoms with E-state index in [2.05, 4.69) is 4.74 Å². The van der Waals surface area contributed by atoms with E-state index in [1.807, 2.05) is 30.3 Å². The van der Waals surface area contributed by atoms with Gasteiger partial charge in [0.15, 0.2) is 0 Å². The van der Waals surface area contributed by atoms with E-state index >= 15 is 0 Å². The number of benzene rings is 1. The summed E-state index contributed by atoms with van der Waals surface area (Å²) in [6.45, 7) is 0.0902. The first-order chi connectivity index (χ1) is 7.72. The molecule has 1 aromatic rings. The monoisotopic (exact) mass is 225 g/mol. The van der Waals surface area contributed by atoms with Gasteiger partial charge in [-0.1, -0.05) is 30.3 Å². The molecule has 1 aromatic carbocycles. The average Bonchev–Trinajstić information content (AvgIpc) is 2.30. The van der Waals surface area contributed by atoms with Gasteiger partial charge in [0, 0.05) is 0 Å². The molecule has 0 aliphatic carbocycles. The van der Waals surface area contributed by atoms with E-state index in [0.717, 1.165) is 5.56 Å². The van der Waals surface area contributed by atoms with Crippen LogP contribution in [0.3, 0.4) is 0 Å². The fourth-order valence-electron chi connectivity index (χ4n) is 1.12. The van der Waals surface area contributed by atoms with Crippen LogP contribution in [0.15, 0.2) is 30.3 Å². The highest BCUT2D eigenvalue weighted by Gasteiger charge is 2.09. The molecule has 0 aliphatic rings. The Morgan fingerprint density at radius 1 is 1.38 bits per heavy atom. The number of aliphatic hydroxyl groups excluding tert-OH is 1. The number of ether oxygens (including phenoxy) is 2. The summed E-state index contributed by atoms with van der Waals surface area (Å²) in [6, 6.07) is 9.51. The molecule has 1 atom stereocenters. The van der Waals surface area contributed by atoms with Crippen LogP contribution in [0.2, 0.25) is 0 Å². The Hall–Kier alpha value is -1.59. The third-order valence-electron chi connectivity index (χ3n) is 1.94. The third-order valence-corrected chi connectivity index (χ3v) is 1.94. The van der Waals surface area contributed by atoms with Crippen LogP contribution in [0.25, 0.3) is 0 Å². The second kappa shape index (κ2) is 6.81. The molecule has 0 aromatic heterocycles. The molecule has 0 saturated heterocycles. The van der Waals surface area contributed by atoms with Crippen LogP contribution < -0.4 is 5.73 Å². The van der Waals surface area contributed by atoms with Crippen LogP contribution in [-0.4, -0.2) is 30.5 Å². The van der Waals surface area contributed by atoms with Crippen molar-refractivity contribution in [2.24, 2.45) is 5.73 Å². The minimum atomic E-state index is -0.873. The van der Waals surface area contributed by atoms with E-state index in [0.29, 0.717) is 6.61 Å². The van der Waals surface area contributed by atoms with Crippen LogP contribution in [0.4, 0.5) is 4.79 Å².